The van der Waals surface area contributed by atoms with E-state index in [1.165, 1.54) is 6.42 Å². The van der Waals surface area contributed by atoms with Crippen LogP contribution in [-0.2, 0) is 28.0 Å². The van der Waals surface area contributed by atoms with E-state index in [9.17, 15) is 9.59 Å². The largest absolute Gasteiger partial charge is 0.493 e. The van der Waals surface area contributed by atoms with E-state index in [1.54, 1.807) is 39.3 Å². The Morgan fingerprint density at radius 3 is 2.49 bits per heavy atom. The maximum atomic E-state index is 14.1. The van der Waals surface area contributed by atoms with E-state index in [0.29, 0.717) is 18.0 Å². The molecule has 0 saturated heterocycles. The highest BCUT2D eigenvalue weighted by atomic mass is 16.5. The van der Waals surface area contributed by atoms with Crippen LogP contribution in [0.1, 0.15) is 55.8 Å². The summed E-state index contributed by atoms with van der Waals surface area (Å²) in [4.78, 5) is 35.2. The lowest BCUT2D eigenvalue weighted by molar-refractivity contribution is -0.127. The average molecular weight is 585 g/mol. The summed E-state index contributed by atoms with van der Waals surface area (Å²) in [5.41, 5.74) is 2.07. The van der Waals surface area contributed by atoms with Crippen molar-refractivity contribution < 1.29 is 23.8 Å². The number of benzene rings is 2. The first-order valence-corrected chi connectivity index (χ1v) is 14.8. The van der Waals surface area contributed by atoms with Crippen LogP contribution in [0, 0.1) is 0 Å². The number of carbonyl (C=O) groups excluding carboxylic acids is 2. The van der Waals surface area contributed by atoms with Crippen LogP contribution < -0.4 is 20.1 Å². The predicted molar refractivity (Wildman–Crippen MR) is 165 cm³/mol. The fourth-order valence-corrected chi connectivity index (χ4v) is 6.09. The number of fused-ring (bicyclic) bond motifs is 1. The van der Waals surface area contributed by atoms with Gasteiger partial charge in [-0.05, 0) is 61.2 Å². The Hall–Kier alpha value is -4.53. The quantitative estimate of drug-likeness (QED) is 0.205. The molecular formula is C34H40N4O5. The molecule has 1 fully saturated rings. The molecule has 2 aromatic carbocycles. The highest BCUT2D eigenvalue weighted by molar-refractivity contribution is 5.91. The Kier molecular flexibility index (Phi) is 9.19. The molecule has 43 heavy (non-hydrogen) atoms. The van der Waals surface area contributed by atoms with Crippen molar-refractivity contribution in [3.63, 3.8) is 0 Å². The molecule has 0 spiro atoms. The number of ether oxygens (including phenoxy) is 3. The molecule has 3 N–H and O–H groups in total. The van der Waals surface area contributed by atoms with Crippen molar-refractivity contribution >= 4 is 22.9 Å². The molecule has 5 rings (SSSR count). The van der Waals surface area contributed by atoms with E-state index >= 15 is 0 Å². The minimum absolute atomic E-state index is 0.000238. The van der Waals surface area contributed by atoms with Gasteiger partial charge in [0.05, 0.1) is 14.2 Å². The normalized spacial score (nSPS) is 15.7. The molecule has 1 aliphatic carbocycles. The smallest absolute Gasteiger partial charge is 0.408 e. The lowest BCUT2D eigenvalue weighted by Gasteiger charge is -2.38. The lowest BCUT2D eigenvalue weighted by Crippen LogP contribution is -2.59. The zero-order valence-electron chi connectivity index (χ0n) is 25.1. The van der Waals surface area contributed by atoms with Gasteiger partial charge in [-0.3, -0.25) is 9.78 Å². The molecule has 9 heteroatoms. The number of alkyl carbamates (subject to hydrolysis) is 1. The number of pyridine rings is 1. The number of hydrogen-bond donors (Lipinski definition) is 3. The van der Waals surface area contributed by atoms with Crippen molar-refractivity contribution in [2.24, 2.45) is 0 Å². The summed E-state index contributed by atoms with van der Waals surface area (Å²) in [6.07, 6.45) is 8.52. The number of amides is 2. The molecule has 2 aromatic heterocycles. The Morgan fingerprint density at radius 1 is 0.977 bits per heavy atom. The van der Waals surface area contributed by atoms with Crippen molar-refractivity contribution in [2.75, 3.05) is 20.8 Å². The van der Waals surface area contributed by atoms with Gasteiger partial charge in [0.15, 0.2) is 11.5 Å². The number of nitrogens with one attached hydrogen (secondary N) is 3. The molecule has 0 radical (unpaired) electrons. The van der Waals surface area contributed by atoms with Gasteiger partial charge in [-0.2, -0.15) is 0 Å². The summed E-state index contributed by atoms with van der Waals surface area (Å²) in [6, 6.07) is 19.2. The summed E-state index contributed by atoms with van der Waals surface area (Å²) in [5, 5.41) is 7.11. The molecule has 2 amide bonds. The first kappa shape index (κ1) is 29.9. The molecule has 1 saturated carbocycles. The molecule has 1 aliphatic rings. The SMILES string of the molecule is COc1ccc(COC(=O)N[C@@](C)(Cc2c[nH]c3ccccc23)C(=O)NCC2(c3ccccn3)CCCCC2)cc1OC. The minimum Gasteiger partial charge on any atom is -0.493 e. The monoisotopic (exact) mass is 584 g/mol. The van der Waals surface area contributed by atoms with Crippen LogP contribution in [0.5, 0.6) is 11.5 Å². The van der Waals surface area contributed by atoms with Gasteiger partial charge in [0.1, 0.15) is 12.1 Å². The maximum Gasteiger partial charge on any atom is 0.408 e. The first-order valence-electron chi connectivity index (χ1n) is 14.8. The zero-order valence-corrected chi connectivity index (χ0v) is 25.1. The standard InChI is InChI=1S/C34H40N4O5/c1-33(20-25-21-36-27-12-6-5-11-26(25)27,38-32(40)43-22-24-14-15-28(41-2)29(19-24)42-3)31(39)37-23-34(16-8-4-9-17-34)30-13-7-10-18-35-30/h5-7,10-15,18-19,21,36H,4,8-9,16-17,20,22-23H2,1-3H3,(H,37,39)(H,38,40)/t33-/m0/s1. The lowest BCUT2D eigenvalue weighted by atomic mass is 9.71. The summed E-state index contributed by atoms with van der Waals surface area (Å²) < 4.78 is 16.3. The summed E-state index contributed by atoms with van der Waals surface area (Å²) in [7, 11) is 3.11. The van der Waals surface area contributed by atoms with Crippen molar-refractivity contribution in [1.82, 2.24) is 20.6 Å². The fraction of sp³-hybridized carbons (Fsp3) is 0.382. The third kappa shape index (κ3) is 6.77. The molecule has 9 nitrogen and oxygen atoms in total. The van der Waals surface area contributed by atoms with Crippen molar-refractivity contribution in [1.29, 1.82) is 0 Å². The highest BCUT2D eigenvalue weighted by Crippen LogP contribution is 2.38. The van der Waals surface area contributed by atoms with Gasteiger partial charge >= 0.3 is 6.09 Å². The second kappa shape index (κ2) is 13.2. The van der Waals surface area contributed by atoms with E-state index < -0.39 is 11.6 Å². The number of aromatic nitrogens is 2. The number of rotatable bonds is 11. The third-order valence-corrected chi connectivity index (χ3v) is 8.52. The van der Waals surface area contributed by atoms with Crippen molar-refractivity contribution in [2.45, 2.75) is 63.0 Å². The molecule has 2 heterocycles. The highest BCUT2D eigenvalue weighted by Gasteiger charge is 2.40. The fourth-order valence-electron chi connectivity index (χ4n) is 6.09. The number of carbonyl (C=O) groups is 2. The molecule has 1 atom stereocenters. The van der Waals surface area contributed by atoms with Gasteiger partial charge in [-0.25, -0.2) is 4.79 Å². The Bertz CT molecular complexity index is 1550. The number of H-pyrrole nitrogens is 1. The van der Waals surface area contributed by atoms with Crippen LogP contribution in [-0.4, -0.2) is 48.3 Å². The number of nitrogens with zero attached hydrogens (tertiary/aromatic N) is 1. The molecule has 4 aromatic rings. The summed E-state index contributed by atoms with van der Waals surface area (Å²) in [6.45, 7) is 2.19. The van der Waals surface area contributed by atoms with Gasteiger partial charge < -0.3 is 29.8 Å². The molecule has 0 unspecified atom stereocenters. The van der Waals surface area contributed by atoms with E-state index in [0.717, 1.165) is 53.4 Å². The zero-order chi connectivity index (χ0) is 30.3. The van der Waals surface area contributed by atoms with E-state index in [1.807, 2.05) is 54.9 Å². The number of hydrogen-bond acceptors (Lipinski definition) is 6. The summed E-state index contributed by atoms with van der Waals surface area (Å²) >= 11 is 0. The van der Waals surface area contributed by atoms with E-state index in [4.69, 9.17) is 14.2 Å². The number of aromatic amines is 1. The van der Waals surface area contributed by atoms with Crippen LogP contribution in [0.25, 0.3) is 10.9 Å². The number of methoxy groups -OCH3 is 2. The van der Waals surface area contributed by atoms with Crippen molar-refractivity contribution in [3.05, 3.63) is 89.9 Å². The van der Waals surface area contributed by atoms with E-state index in [2.05, 4.69) is 20.6 Å². The molecular weight excluding hydrogens is 544 g/mol. The maximum absolute atomic E-state index is 14.1. The van der Waals surface area contributed by atoms with Crippen LogP contribution in [0.3, 0.4) is 0 Å². The van der Waals surface area contributed by atoms with Gasteiger partial charge in [-0.1, -0.05) is 49.6 Å². The second-order valence-electron chi connectivity index (χ2n) is 11.5. The minimum atomic E-state index is -1.29. The first-order chi connectivity index (χ1) is 20.9. The van der Waals surface area contributed by atoms with E-state index in [-0.39, 0.29) is 24.3 Å². The van der Waals surface area contributed by atoms with Crippen LogP contribution >= 0.6 is 0 Å². The van der Waals surface area contributed by atoms with Gasteiger partial charge in [-0.15, -0.1) is 0 Å². The van der Waals surface area contributed by atoms with Crippen LogP contribution in [0.15, 0.2) is 73.1 Å². The third-order valence-electron chi connectivity index (χ3n) is 8.52. The summed E-state index contributed by atoms with van der Waals surface area (Å²) in [5.74, 6) is 0.846. The predicted octanol–water partition coefficient (Wildman–Crippen LogP) is 5.83. The van der Waals surface area contributed by atoms with Crippen LogP contribution in [0.2, 0.25) is 0 Å². The molecule has 226 valence electrons. The number of para-hydroxylation sites is 1. The topological polar surface area (TPSA) is 115 Å². The molecule has 0 aliphatic heterocycles. The van der Waals surface area contributed by atoms with Gasteiger partial charge in [0.25, 0.3) is 0 Å². The van der Waals surface area contributed by atoms with Gasteiger partial charge in [0, 0.05) is 47.4 Å². The van der Waals surface area contributed by atoms with Crippen molar-refractivity contribution in [3.8, 4) is 11.5 Å². The Balaban J connectivity index is 1.35. The second-order valence-corrected chi connectivity index (χ2v) is 11.5. The Labute approximate surface area is 252 Å². The Morgan fingerprint density at radius 2 is 1.74 bits per heavy atom. The molecule has 0 bridgehead atoms. The van der Waals surface area contributed by atoms with Gasteiger partial charge in [0.2, 0.25) is 5.91 Å². The van der Waals surface area contributed by atoms with Crippen LogP contribution in [0.4, 0.5) is 4.79 Å². The average Bonchev–Trinajstić information content (AvgIpc) is 3.45.